The number of fused-ring (bicyclic) bond motifs is 2. The molecule has 0 aromatic heterocycles. The number of hydrogen-bond acceptors (Lipinski definition) is 4. The zero-order valence-electron chi connectivity index (χ0n) is 17.1. The molecule has 3 aromatic rings. The second kappa shape index (κ2) is 8.19. The molecule has 0 saturated carbocycles. The van der Waals surface area contributed by atoms with Crippen LogP contribution in [-0.2, 0) is 4.79 Å². The van der Waals surface area contributed by atoms with Crippen LogP contribution in [0.4, 0.5) is 0 Å². The summed E-state index contributed by atoms with van der Waals surface area (Å²) in [5.74, 6) is 0.770. The van der Waals surface area contributed by atoms with Gasteiger partial charge in [-0.3, -0.25) is 9.69 Å². The molecule has 0 atom stereocenters. The summed E-state index contributed by atoms with van der Waals surface area (Å²) in [6.07, 6.45) is 5.71. The monoisotopic (exact) mass is 410 g/mol. The van der Waals surface area contributed by atoms with E-state index in [-0.39, 0.29) is 5.91 Å². The van der Waals surface area contributed by atoms with Crippen LogP contribution in [0, 0.1) is 0 Å². The lowest BCUT2D eigenvalue weighted by Gasteiger charge is -2.14. The van der Waals surface area contributed by atoms with Crippen LogP contribution < -0.4 is 4.74 Å². The fourth-order valence-corrected chi connectivity index (χ4v) is 4.11. The van der Waals surface area contributed by atoms with Gasteiger partial charge in [-0.05, 0) is 36.4 Å². The molecule has 0 N–H and O–H groups in total. The molecular formula is C26H22N2O3. The summed E-state index contributed by atoms with van der Waals surface area (Å²) in [6, 6.07) is 20.5. The molecule has 2 heterocycles. The Balaban J connectivity index is 1.58. The molecular weight excluding hydrogens is 388 g/mol. The number of hydrogen-bond donors (Lipinski definition) is 0. The van der Waals surface area contributed by atoms with E-state index in [9.17, 15) is 9.59 Å². The van der Waals surface area contributed by atoms with E-state index in [0.29, 0.717) is 29.1 Å². The topological polar surface area (TPSA) is 59.0 Å². The standard InChI is InChI=1S/C26H22N2O3/c29-25-22(27-23-13-5-2-8-16-28(23)25)17-20-15-14-18-9-6-7-12-21(18)24(20)31-26(30)19-10-3-1-4-11-19/h1,3-4,6-7,9-12,14-15,17H,2,5,8,13,16H2. The van der Waals surface area contributed by atoms with Crippen LogP contribution in [0.15, 0.2) is 77.4 Å². The van der Waals surface area contributed by atoms with Crippen LogP contribution in [-0.4, -0.2) is 29.2 Å². The van der Waals surface area contributed by atoms with Gasteiger partial charge in [-0.1, -0.05) is 61.0 Å². The minimum atomic E-state index is -0.436. The highest BCUT2D eigenvalue weighted by Gasteiger charge is 2.31. The lowest BCUT2D eigenvalue weighted by Crippen LogP contribution is -2.31. The predicted molar refractivity (Wildman–Crippen MR) is 121 cm³/mol. The average molecular weight is 410 g/mol. The summed E-state index contributed by atoms with van der Waals surface area (Å²) in [5, 5.41) is 1.77. The van der Waals surface area contributed by atoms with E-state index in [0.717, 1.165) is 42.3 Å². The van der Waals surface area contributed by atoms with Crippen molar-refractivity contribution in [2.24, 2.45) is 4.99 Å². The lowest BCUT2D eigenvalue weighted by molar-refractivity contribution is -0.122. The van der Waals surface area contributed by atoms with Crippen molar-refractivity contribution in [3.8, 4) is 5.75 Å². The summed E-state index contributed by atoms with van der Waals surface area (Å²) >= 11 is 0. The summed E-state index contributed by atoms with van der Waals surface area (Å²) < 4.78 is 5.87. The van der Waals surface area contributed by atoms with E-state index in [1.54, 1.807) is 35.2 Å². The third-order valence-electron chi connectivity index (χ3n) is 5.71. The molecule has 5 rings (SSSR count). The Kier molecular flexibility index (Phi) is 5.08. The Labute approximate surface area is 180 Å². The summed E-state index contributed by atoms with van der Waals surface area (Å²) in [5.41, 5.74) is 1.53. The maximum atomic E-state index is 13.0. The molecule has 0 aliphatic carbocycles. The lowest BCUT2D eigenvalue weighted by atomic mass is 10.0. The van der Waals surface area contributed by atoms with Crippen LogP contribution in [0.2, 0.25) is 0 Å². The van der Waals surface area contributed by atoms with Crippen LogP contribution in [0.1, 0.15) is 41.6 Å². The summed E-state index contributed by atoms with van der Waals surface area (Å²) in [6.45, 7) is 0.711. The molecule has 2 aliphatic rings. The first-order chi connectivity index (χ1) is 15.2. The Hall–Kier alpha value is -3.73. The SMILES string of the molecule is O=C(Oc1c(C=C2N=C3CCCCCN3C2=O)ccc2ccccc12)c1ccccc1. The first-order valence-electron chi connectivity index (χ1n) is 10.6. The van der Waals surface area contributed by atoms with Crippen molar-refractivity contribution in [2.75, 3.05) is 6.54 Å². The van der Waals surface area contributed by atoms with E-state index in [4.69, 9.17) is 4.74 Å². The van der Waals surface area contributed by atoms with Crippen molar-refractivity contribution in [1.29, 1.82) is 0 Å². The predicted octanol–water partition coefficient (Wildman–Crippen LogP) is 5.21. The van der Waals surface area contributed by atoms with Crippen LogP contribution in [0.25, 0.3) is 16.8 Å². The van der Waals surface area contributed by atoms with Crippen molar-refractivity contribution in [1.82, 2.24) is 4.90 Å². The van der Waals surface area contributed by atoms with Gasteiger partial charge in [0.15, 0.2) is 0 Å². The van der Waals surface area contributed by atoms with Crippen molar-refractivity contribution in [2.45, 2.75) is 25.7 Å². The smallest absolute Gasteiger partial charge is 0.343 e. The van der Waals surface area contributed by atoms with E-state index in [2.05, 4.69) is 4.99 Å². The highest BCUT2D eigenvalue weighted by atomic mass is 16.5. The third kappa shape index (κ3) is 3.75. The molecule has 0 unspecified atom stereocenters. The highest BCUT2D eigenvalue weighted by Crippen LogP contribution is 2.34. The van der Waals surface area contributed by atoms with Gasteiger partial charge < -0.3 is 4.74 Å². The fraction of sp³-hybridized carbons (Fsp3) is 0.192. The fourth-order valence-electron chi connectivity index (χ4n) is 4.11. The molecule has 1 saturated heterocycles. The van der Waals surface area contributed by atoms with Crippen LogP contribution >= 0.6 is 0 Å². The summed E-state index contributed by atoms with van der Waals surface area (Å²) in [7, 11) is 0. The van der Waals surface area contributed by atoms with Gasteiger partial charge in [0.05, 0.1) is 5.56 Å². The van der Waals surface area contributed by atoms with Crippen molar-refractivity contribution >= 4 is 34.6 Å². The second-order valence-electron chi connectivity index (χ2n) is 7.79. The molecule has 1 amide bonds. The largest absolute Gasteiger partial charge is 0.422 e. The Morgan fingerprint density at radius 2 is 1.74 bits per heavy atom. The first kappa shape index (κ1) is 19.2. The van der Waals surface area contributed by atoms with Gasteiger partial charge in [-0.15, -0.1) is 0 Å². The number of amides is 1. The first-order valence-corrected chi connectivity index (χ1v) is 10.6. The number of ether oxygens (including phenoxy) is 1. The van der Waals surface area contributed by atoms with E-state index in [1.807, 2.05) is 42.5 Å². The molecule has 5 heteroatoms. The summed E-state index contributed by atoms with van der Waals surface area (Å²) in [4.78, 5) is 32.2. The minimum Gasteiger partial charge on any atom is -0.422 e. The Morgan fingerprint density at radius 3 is 2.61 bits per heavy atom. The van der Waals surface area contributed by atoms with Gasteiger partial charge in [0, 0.05) is 23.9 Å². The number of aliphatic imine (C=N–C) groups is 1. The Morgan fingerprint density at radius 1 is 0.935 bits per heavy atom. The van der Waals surface area contributed by atoms with Gasteiger partial charge >= 0.3 is 5.97 Å². The number of rotatable bonds is 3. The van der Waals surface area contributed by atoms with E-state index in [1.165, 1.54) is 0 Å². The molecule has 3 aromatic carbocycles. The maximum Gasteiger partial charge on any atom is 0.343 e. The third-order valence-corrected chi connectivity index (χ3v) is 5.71. The molecule has 1 fully saturated rings. The zero-order valence-corrected chi connectivity index (χ0v) is 17.1. The van der Waals surface area contributed by atoms with Crippen LogP contribution in [0.3, 0.4) is 0 Å². The zero-order chi connectivity index (χ0) is 21.2. The van der Waals surface area contributed by atoms with Crippen molar-refractivity contribution in [3.63, 3.8) is 0 Å². The molecule has 0 radical (unpaired) electrons. The number of amidine groups is 1. The normalized spacial score (nSPS) is 17.4. The van der Waals surface area contributed by atoms with Gasteiger partial charge in [-0.2, -0.15) is 0 Å². The van der Waals surface area contributed by atoms with Gasteiger partial charge in [0.1, 0.15) is 17.3 Å². The van der Waals surface area contributed by atoms with E-state index < -0.39 is 5.97 Å². The number of carbonyl (C=O) groups is 2. The minimum absolute atomic E-state index is 0.0783. The van der Waals surface area contributed by atoms with Crippen molar-refractivity contribution in [3.05, 3.63) is 83.6 Å². The van der Waals surface area contributed by atoms with Gasteiger partial charge in [0.25, 0.3) is 5.91 Å². The number of nitrogens with zero attached hydrogens (tertiary/aromatic N) is 2. The van der Waals surface area contributed by atoms with E-state index >= 15 is 0 Å². The number of benzene rings is 3. The van der Waals surface area contributed by atoms with Crippen LogP contribution in [0.5, 0.6) is 5.75 Å². The van der Waals surface area contributed by atoms with Crippen molar-refractivity contribution < 1.29 is 14.3 Å². The molecule has 0 spiro atoms. The second-order valence-corrected chi connectivity index (χ2v) is 7.79. The molecule has 0 bridgehead atoms. The molecule has 5 nitrogen and oxygen atoms in total. The average Bonchev–Trinajstić information content (AvgIpc) is 2.96. The highest BCUT2D eigenvalue weighted by molar-refractivity contribution is 6.14. The van der Waals surface area contributed by atoms with Gasteiger partial charge in [-0.25, -0.2) is 9.79 Å². The number of esters is 1. The van der Waals surface area contributed by atoms with Gasteiger partial charge in [0.2, 0.25) is 0 Å². The number of carbonyl (C=O) groups excluding carboxylic acids is 2. The Bertz CT molecular complexity index is 1230. The molecule has 154 valence electrons. The molecule has 2 aliphatic heterocycles. The maximum absolute atomic E-state index is 13.0. The quantitative estimate of drug-likeness (QED) is 0.338. The molecule has 31 heavy (non-hydrogen) atoms.